The van der Waals surface area contributed by atoms with Crippen molar-refractivity contribution < 1.29 is 13.2 Å². The SMILES string of the molecule is Nc1c(Cl)cc(S(=O)(=O)N[C@H](CCc2ccccc2)C(=O)N2CCCC3CCCCC32)cc1Cl. The van der Waals surface area contributed by atoms with E-state index in [1.54, 1.807) is 0 Å². The summed E-state index contributed by atoms with van der Waals surface area (Å²) in [5.41, 5.74) is 6.94. The fourth-order valence-corrected chi connectivity index (χ4v) is 7.15. The monoisotopic (exact) mass is 523 g/mol. The lowest BCUT2D eigenvalue weighted by Crippen LogP contribution is -2.56. The number of carbonyl (C=O) groups excluding carboxylic acids is 1. The molecule has 0 bridgehead atoms. The molecule has 1 saturated heterocycles. The molecule has 1 aliphatic heterocycles. The lowest BCUT2D eigenvalue weighted by molar-refractivity contribution is -0.139. The molecule has 0 aromatic heterocycles. The molecule has 3 atom stereocenters. The maximum absolute atomic E-state index is 13.8. The molecule has 3 N–H and O–H groups in total. The Balaban J connectivity index is 1.60. The second-order valence-electron chi connectivity index (χ2n) is 9.28. The summed E-state index contributed by atoms with van der Waals surface area (Å²) in [5.74, 6) is 0.358. The number of anilines is 1. The molecule has 6 nitrogen and oxygen atoms in total. The number of sulfonamides is 1. The number of nitrogens with one attached hydrogen (secondary N) is 1. The number of nitrogens with zero attached hydrogens (tertiary/aromatic N) is 1. The van der Waals surface area contributed by atoms with Gasteiger partial charge in [0, 0.05) is 12.6 Å². The standard InChI is InChI=1S/C25H31Cl2N3O3S/c26-20-15-19(16-21(27)24(20)28)34(32,33)29-22(13-12-17-7-2-1-3-8-17)25(31)30-14-6-10-18-9-4-5-11-23(18)30/h1-3,7-8,15-16,18,22-23,29H,4-6,9-14,28H2/t18?,22-,23?/m1/s1. The van der Waals surface area contributed by atoms with Crippen LogP contribution in [0.2, 0.25) is 10.0 Å². The molecular formula is C25H31Cl2N3O3S. The van der Waals surface area contributed by atoms with Gasteiger partial charge in [-0.25, -0.2) is 8.42 Å². The molecule has 2 aromatic rings. The molecule has 1 saturated carbocycles. The third-order valence-corrected chi connectivity index (χ3v) is 9.13. The summed E-state index contributed by atoms with van der Waals surface area (Å²) in [6, 6.07) is 11.6. The molecule has 1 amide bonds. The van der Waals surface area contributed by atoms with Crippen molar-refractivity contribution in [3.63, 3.8) is 0 Å². The highest BCUT2D eigenvalue weighted by atomic mass is 35.5. The predicted octanol–water partition coefficient (Wildman–Crippen LogP) is 5.04. The van der Waals surface area contributed by atoms with E-state index in [0.29, 0.717) is 25.3 Å². The summed E-state index contributed by atoms with van der Waals surface area (Å²) in [5, 5.41) is 0.113. The first-order chi connectivity index (χ1) is 16.3. The van der Waals surface area contributed by atoms with Crippen LogP contribution in [0.1, 0.15) is 50.5 Å². The summed E-state index contributed by atoms with van der Waals surface area (Å²) < 4.78 is 29.3. The first-order valence-electron chi connectivity index (χ1n) is 11.9. The van der Waals surface area contributed by atoms with Crippen molar-refractivity contribution >= 4 is 44.8 Å². The van der Waals surface area contributed by atoms with Gasteiger partial charge in [-0.05, 0) is 62.1 Å². The van der Waals surface area contributed by atoms with Gasteiger partial charge in [0.2, 0.25) is 15.9 Å². The van der Waals surface area contributed by atoms with Crippen molar-refractivity contribution in [3.8, 4) is 0 Å². The summed E-state index contributed by atoms with van der Waals surface area (Å²) in [7, 11) is -4.06. The van der Waals surface area contributed by atoms with Crippen LogP contribution in [-0.4, -0.2) is 37.9 Å². The van der Waals surface area contributed by atoms with E-state index in [1.165, 1.54) is 18.6 Å². The lowest BCUT2D eigenvalue weighted by Gasteiger charge is -2.45. The van der Waals surface area contributed by atoms with Crippen molar-refractivity contribution in [3.05, 3.63) is 58.1 Å². The van der Waals surface area contributed by atoms with Gasteiger partial charge < -0.3 is 10.6 Å². The molecule has 0 spiro atoms. The number of carbonyl (C=O) groups is 1. The van der Waals surface area contributed by atoms with Crippen LogP contribution >= 0.6 is 23.2 Å². The minimum atomic E-state index is -4.06. The number of piperidine rings is 1. The minimum absolute atomic E-state index is 0.0566. The molecule has 1 aliphatic carbocycles. The van der Waals surface area contributed by atoms with E-state index in [4.69, 9.17) is 28.9 Å². The smallest absolute Gasteiger partial charge is 0.241 e. The largest absolute Gasteiger partial charge is 0.396 e. The number of nitrogen functional groups attached to an aromatic ring is 1. The molecule has 34 heavy (non-hydrogen) atoms. The predicted molar refractivity (Wildman–Crippen MR) is 136 cm³/mol. The Bertz CT molecular complexity index is 1100. The zero-order valence-corrected chi connectivity index (χ0v) is 21.4. The molecule has 4 rings (SSSR count). The molecule has 2 unspecified atom stereocenters. The van der Waals surface area contributed by atoms with Gasteiger partial charge in [-0.15, -0.1) is 0 Å². The number of halogens is 2. The third kappa shape index (κ3) is 5.70. The summed E-state index contributed by atoms with van der Waals surface area (Å²) >= 11 is 12.2. The van der Waals surface area contributed by atoms with E-state index in [1.807, 2.05) is 35.2 Å². The van der Waals surface area contributed by atoms with Crippen LogP contribution in [0.4, 0.5) is 5.69 Å². The Kier molecular flexibility index (Phi) is 8.08. The highest BCUT2D eigenvalue weighted by molar-refractivity contribution is 7.89. The van der Waals surface area contributed by atoms with Gasteiger partial charge in [-0.3, -0.25) is 4.79 Å². The van der Waals surface area contributed by atoms with Crippen LogP contribution in [0.25, 0.3) is 0 Å². The Morgan fingerprint density at radius 3 is 2.41 bits per heavy atom. The normalized spacial score (nSPS) is 21.6. The number of rotatable bonds is 7. The van der Waals surface area contributed by atoms with Crippen LogP contribution in [0.3, 0.4) is 0 Å². The van der Waals surface area contributed by atoms with Gasteiger partial charge in [-0.1, -0.05) is 66.4 Å². The number of amides is 1. The minimum Gasteiger partial charge on any atom is -0.396 e. The number of nitrogens with two attached hydrogens (primary N) is 1. The highest BCUT2D eigenvalue weighted by Crippen LogP contribution is 2.36. The Morgan fingerprint density at radius 2 is 1.71 bits per heavy atom. The van der Waals surface area contributed by atoms with Gasteiger partial charge in [0.15, 0.2) is 0 Å². The fraction of sp³-hybridized carbons (Fsp3) is 0.480. The second kappa shape index (κ2) is 10.9. The Hall–Kier alpha value is -1.80. The van der Waals surface area contributed by atoms with Gasteiger partial charge in [0.25, 0.3) is 0 Å². The van der Waals surface area contributed by atoms with Crippen LogP contribution in [-0.2, 0) is 21.2 Å². The zero-order chi connectivity index (χ0) is 24.3. The molecule has 9 heteroatoms. The third-order valence-electron chi connectivity index (χ3n) is 7.05. The summed E-state index contributed by atoms with van der Waals surface area (Å²) in [6.45, 7) is 0.670. The van der Waals surface area contributed by atoms with E-state index in [9.17, 15) is 13.2 Å². The number of benzene rings is 2. The molecule has 2 aromatic carbocycles. The van der Waals surface area contributed by atoms with Crippen molar-refractivity contribution in [2.45, 2.75) is 68.3 Å². The number of likely N-dealkylation sites (tertiary alicyclic amines) is 1. The lowest BCUT2D eigenvalue weighted by atomic mass is 9.78. The first-order valence-corrected chi connectivity index (χ1v) is 14.1. The van der Waals surface area contributed by atoms with Crippen LogP contribution in [0.15, 0.2) is 47.4 Å². The fourth-order valence-electron chi connectivity index (χ4n) is 5.26. The number of fused-ring (bicyclic) bond motifs is 1. The van der Waals surface area contributed by atoms with E-state index in [2.05, 4.69) is 4.72 Å². The second-order valence-corrected chi connectivity index (χ2v) is 11.8. The van der Waals surface area contributed by atoms with E-state index in [-0.39, 0.29) is 32.6 Å². The quantitative estimate of drug-likeness (QED) is 0.497. The maximum atomic E-state index is 13.8. The number of aryl methyl sites for hydroxylation is 1. The van der Waals surface area contributed by atoms with Crippen molar-refractivity contribution in [2.75, 3.05) is 12.3 Å². The molecule has 2 fully saturated rings. The van der Waals surface area contributed by atoms with Crippen LogP contribution in [0, 0.1) is 5.92 Å². The van der Waals surface area contributed by atoms with Gasteiger partial charge >= 0.3 is 0 Å². The summed E-state index contributed by atoms with van der Waals surface area (Å²) in [6.07, 6.45) is 7.44. The number of hydrogen-bond donors (Lipinski definition) is 2. The molecular weight excluding hydrogens is 493 g/mol. The zero-order valence-electron chi connectivity index (χ0n) is 19.1. The topological polar surface area (TPSA) is 92.5 Å². The van der Waals surface area contributed by atoms with Gasteiger partial charge in [0.1, 0.15) is 6.04 Å². The van der Waals surface area contributed by atoms with Gasteiger partial charge in [-0.2, -0.15) is 4.72 Å². The van der Waals surface area contributed by atoms with Crippen molar-refractivity contribution in [1.82, 2.24) is 9.62 Å². The van der Waals surface area contributed by atoms with Crippen LogP contribution < -0.4 is 10.5 Å². The van der Waals surface area contributed by atoms with E-state index in [0.717, 1.165) is 37.7 Å². The Morgan fingerprint density at radius 1 is 1.06 bits per heavy atom. The van der Waals surface area contributed by atoms with Crippen LogP contribution in [0.5, 0.6) is 0 Å². The average Bonchev–Trinajstić information content (AvgIpc) is 2.84. The molecule has 0 radical (unpaired) electrons. The van der Waals surface area contributed by atoms with E-state index >= 15 is 0 Å². The number of hydrogen-bond acceptors (Lipinski definition) is 4. The highest BCUT2D eigenvalue weighted by Gasteiger charge is 2.39. The van der Waals surface area contributed by atoms with E-state index < -0.39 is 16.1 Å². The average molecular weight is 525 g/mol. The maximum Gasteiger partial charge on any atom is 0.241 e. The molecule has 1 heterocycles. The van der Waals surface area contributed by atoms with Gasteiger partial charge in [0.05, 0.1) is 20.6 Å². The first kappa shape index (κ1) is 25.3. The summed E-state index contributed by atoms with van der Waals surface area (Å²) in [4.78, 5) is 15.6. The molecule has 184 valence electrons. The van der Waals surface area contributed by atoms with Crippen molar-refractivity contribution in [1.29, 1.82) is 0 Å². The Labute approximate surface area is 211 Å². The molecule has 2 aliphatic rings. The van der Waals surface area contributed by atoms with Crippen molar-refractivity contribution in [2.24, 2.45) is 5.92 Å².